The Hall–Kier alpha value is -1.43. The first kappa shape index (κ1) is 17.9. The van der Waals surface area contributed by atoms with Crippen molar-refractivity contribution in [2.45, 2.75) is 13.0 Å². The molecule has 0 spiro atoms. The highest BCUT2D eigenvalue weighted by molar-refractivity contribution is 9.10. The Morgan fingerprint density at radius 2 is 1.91 bits per heavy atom. The quantitative estimate of drug-likeness (QED) is 0.499. The van der Waals surface area contributed by atoms with Crippen molar-refractivity contribution in [3.63, 3.8) is 0 Å². The van der Waals surface area contributed by atoms with Gasteiger partial charge in [0, 0.05) is 28.7 Å². The Kier molecular flexibility index (Phi) is 7.52. The summed E-state index contributed by atoms with van der Waals surface area (Å²) in [4.78, 5) is 1.50. The van der Waals surface area contributed by atoms with Gasteiger partial charge < -0.3 is 15.5 Å². The fourth-order valence-corrected chi connectivity index (χ4v) is 2.99. The molecule has 0 fully saturated rings. The van der Waals surface area contributed by atoms with E-state index >= 15 is 0 Å². The van der Waals surface area contributed by atoms with E-state index in [1.54, 1.807) is 0 Å². The fourth-order valence-electron chi connectivity index (χ4n) is 2.37. The predicted molar refractivity (Wildman–Crippen MR) is 105 cm³/mol. The molecule has 0 aliphatic heterocycles. The monoisotopic (exact) mass is 392 g/mol. The number of benzene rings is 2. The third kappa shape index (κ3) is 7.12. The molecule has 0 aliphatic carbocycles. The van der Waals surface area contributed by atoms with Crippen LogP contribution in [0.2, 0.25) is 0 Å². The number of halogens is 1. The molecule has 122 valence electrons. The zero-order chi connectivity index (χ0) is 16.5. The first-order valence-corrected chi connectivity index (χ1v) is 8.99. The molecule has 0 radical (unpaired) electrons. The van der Waals surface area contributed by atoms with Gasteiger partial charge in [-0.25, -0.2) is 0 Å². The molecule has 0 aliphatic rings. The predicted octanol–water partition coefficient (Wildman–Crippen LogP) is 2.84. The lowest BCUT2D eigenvalue weighted by Crippen LogP contribution is -3.07. The first-order valence-electron chi connectivity index (χ1n) is 7.79. The lowest BCUT2D eigenvalue weighted by molar-refractivity contribution is -0.893. The topological polar surface area (TPSA) is 28.5 Å². The van der Waals surface area contributed by atoms with Gasteiger partial charge in [0.2, 0.25) is 0 Å². The second-order valence-electron chi connectivity index (χ2n) is 5.61. The second-order valence-corrected chi connectivity index (χ2v) is 6.94. The molecule has 0 heterocycles. The summed E-state index contributed by atoms with van der Waals surface area (Å²) in [6, 6.07) is 18.6. The van der Waals surface area contributed by atoms with E-state index in [1.807, 2.05) is 24.3 Å². The summed E-state index contributed by atoms with van der Waals surface area (Å²) in [5, 5.41) is 7.13. The van der Waals surface area contributed by atoms with Crippen LogP contribution in [-0.2, 0) is 6.54 Å². The maximum Gasteiger partial charge on any atom is 0.170 e. The molecule has 1 atom stereocenters. The third-order valence-electron chi connectivity index (χ3n) is 3.50. The number of quaternary nitrogens is 1. The number of thiocarbonyl (C=S) groups is 1. The number of hydrogen-bond donors (Lipinski definition) is 3. The van der Waals surface area contributed by atoms with Gasteiger partial charge in [0.25, 0.3) is 0 Å². The molecule has 0 bridgehead atoms. The lowest BCUT2D eigenvalue weighted by atomic mass is 10.2. The highest BCUT2D eigenvalue weighted by Crippen LogP contribution is 2.15. The Morgan fingerprint density at radius 1 is 1.13 bits per heavy atom. The van der Waals surface area contributed by atoms with Crippen molar-refractivity contribution in [1.82, 2.24) is 5.32 Å². The summed E-state index contributed by atoms with van der Waals surface area (Å²) in [5.74, 6) is 0. The minimum absolute atomic E-state index is 0.670. The summed E-state index contributed by atoms with van der Waals surface area (Å²) in [5.41, 5.74) is 2.37. The SMILES string of the molecule is C[NH+](CCCNC(=S)Nc1cccc(Br)c1)Cc1ccccc1. The van der Waals surface area contributed by atoms with E-state index < -0.39 is 0 Å². The van der Waals surface area contributed by atoms with E-state index in [1.165, 1.54) is 10.5 Å². The summed E-state index contributed by atoms with van der Waals surface area (Å²) in [6.07, 6.45) is 1.08. The molecule has 2 aromatic carbocycles. The largest absolute Gasteiger partial charge is 0.362 e. The van der Waals surface area contributed by atoms with Gasteiger partial charge in [-0.1, -0.05) is 52.3 Å². The summed E-state index contributed by atoms with van der Waals surface area (Å²) >= 11 is 8.77. The molecule has 0 aromatic heterocycles. The van der Waals surface area contributed by atoms with Crippen molar-refractivity contribution in [3.05, 3.63) is 64.6 Å². The average molecular weight is 393 g/mol. The second kappa shape index (κ2) is 9.65. The van der Waals surface area contributed by atoms with Gasteiger partial charge in [-0.15, -0.1) is 0 Å². The Balaban J connectivity index is 1.62. The van der Waals surface area contributed by atoms with E-state index in [9.17, 15) is 0 Å². The van der Waals surface area contributed by atoms with Gasteiger partial charge >= 0.3 is 0 Å². The molecule has 0 saturated carbocycles. The van der Waals surface area contributed by atoms with Crippen molar-refractivity contribution in [3.8, 4) is 0 Å². The Labute approximate surface area is 152 Å². The smallest absolute Gasteiger partial charge is 0.170 e. The van der Waals surface area contributed by atoms with Gasteiger partial charge in [-0.3, -0.25) is 0 Å². The third-order valence-corrected chi connectivity index (χ3v) is 4.24. The highest BCUT2D eigenvalue weighted by Gasteiger charge is 2.03. The van der Waals surface area contributed by atoms with Crippen LogP contribution in [0.15, 0.2) is 59.1 Å². The molecule has 5 heteroatoms. The van der Waals surface area contributed by atoms with Gasteiger partial charge in [-0.2, -0.15) is 0 Å². The van der Waals surface area contributed by atoms with Crippen molar-refractivity contribution < 1.29 is 4.90 Å². The van der Waals surface area contributed by atoms with Crippen LogP contribution in [0, 0.1) is 0 Å². The maximum absolute atomic E-state index is 5.32. The minimum Gasteiger partial charge on any atom is -0.362 e. The summed E-state index contributed by atoms with van der Waals surface area (Å²) in [7, 11) is 2.23. The molecule has 1 unspecified atom stereocenters. The molecule has 3 nitrogen and oxygen atoms in total. The lowest BCUT2D eigenvalue weighted by Gasteiger charge is -2.15. The average Bonchev–Trinajstić information content (AvgIpc) is 2.52. The molecule has 3 N–H and O–H groups in total. The van der Waals surface area contributed by atoms with Crippen LogP contribution in [0.5, 0.6) is 0 Å². The van der Waals surface area contributed by atoms with Crippen LogP contribution in [-0.4, -0.2) is 25.2 Å². The number of anilines is 1. The van der Waals surface area contributed by atoms with Crippen LogP contribution in [0.25, 0.3) is 0 Å². The molecule has 2 rings (SSSR count). The van der Waals surface area contributed by atoms with Gasteiger partial charge in [-0.05, 0) is 30.4 Å². The van der Waals surface area contributed by atoms with Crippen molar-refractivity contribution in [2.24, 2.45) is 0 Å². The molecule has 2 aromatic rings. The molecule has 23 heavy (non-hydrogen) atoms. The standard InChI is InChI=1S/C18H22BrN3S/c1-22(14-15-7-3-2-4-8-15)12-6-11-20-18(23)21-17-10-5-9-16(19)13-17/h2-5,7-10,13H,6,11-12,14H2,1H3,(H2,20,21,23)/p+1. The first-order chi connectivity index (χ1) is 11.1. The van der Waals surface area contributed by atoms with Crippen LogP contribution in [0.4, 0.5) is 5.69 Å². The number of rotatable bonds is 7. The number of nitrogens with one attached hydrogen (secondary N) is 3. The van der Waals surface area contributed by atoms with Crippen molar-refractivity contribution in [2.75, 3.05) is 25.5 Å². The number of hydrogen-bond acceptors (Lipinski definition) is 1. The van der Waals surface area contributed by atoms with E-state index in [-0.39, 0.29) is 0 Å². The van der Waals surface area contributed by atoms with Crippen molar-refractivity contribution >= 4 is 38.9 Å². The molecule has 0 amide bonds. The zero-order valence-corrected chi connectivity index (χ0v) is 15.7. The molecular formula is C18H23BrN3S+. The van der Waals surface area contributed by atoms with E-state index in [0.717, 1.165) is 36.2 Å². The fraction of sp³-hybridized carbons (Fsp3) is 0.278. The zero-order valence-electron chi connectivity index (χ0n) is 13.3. The van der Waals surface area contributed by atoms with Crippen LogP contribution in [0.1, 0.15) is 12.0 Å². The van der Waals surface area contributed by atoms with Crippen LogP contribution >= 0.6 is 28.1 Å². The minimum atomic E-state index is 0.670. The van der Waals surface area contributed by atoms with Gasteiger partial charge in [0.15, 0.2) is 5.11 Å². The summed E-state index contributed by atoms with van der Waals surface area (Å²) < 4.78 is 1.04. The Bertz CT molecular complexity index is 619. The highest BCUT2D eigenvalue weighted by atomic mass is 79.9. The Morgan fingerprint density at radius 3 is 2.65 bits per heavy atom. The normalized spacial score (nSPS) is 11.7. The van der Waals surface area contributed by atoms with Gasteiger partial charge in [0.1, 0.15) is 6.54 Å². The molecular weight excluding hydrogens is 370 g/mol. The van der Waals surface area contributed by atoms with Crippen molar-refractivity contribution in [1.29, 1.82) is 0 Å². The molecule has 0 saturated heterocycles. The van der Waals surface area contributed by atoms with Crippen LogP contribution in [0.3, 0.4) is 0 Å². The van der Waals surface area contributed by atoms with E-state index in [2.05, 4.69) is 63.9 Å². The van der Waals surface area contributed by atoms with Crippen LogP contribution < -0.4 is 15.5 Å². The maximum atomic E-state index is 5.32. The van der Waals surface area contributed by atoms with E-state index in [0.29, 0.717) is 5.11 Å². The summed E-state index contributed by atoms with van der Waals surface area (Å²) in [6.45, 7) is 3.05. The van der Waals surface area contributed by atoms with E-state index in [4.69, 9.17) is 12.2 Å². The van der Waals surface area contributed by atoms with Gasteiger partial charge in [0.05, 0.1) is 13.6 Å².